The lowest BCUT2D eigenvalue weighted by Gasteiger charge is -2.19. The molecule has 11 aromatic rings. The Morgan fingerprint density at radius 2 is 0.731 bits per heavy atom. The average molecular weight is 669 g/mol. The van der Waals surface area contributed by atoms with Gasteiger partial charge in [-0.1, -0.05) is 151 Å². The largest absolute Gasteiger partial charge is 0.308 e. The van der Waals surface area contributed by atoms with Crippen molar-refractivity contribution in [2.45, 2.75) is 52.4 Å². The quantitative estimate of drug-likeness (QED) is 0.173. The Bertz CT molecular complexity index is 2990. The first-order chi connectivity index (χ1) is 25.1. The smallest absolute Gasteiger partial charge is 0.0626 e. The third-order valence-electron chi connectivity index (χ3n) is 11.9. The number of rotatable bonds is 2. The first kappa shape index (κ1) is 29.8. The molecule has 7 aromatic carbocycles. The summed E-state index contributed by atoms with van der Waals surface area (Å²) in [5.41, 5.74) is 15.8. The van der Waals surface area contributed by atoms with Gasteiger partial charge in [0.2, 0.25) is 0 Å². The van der Waals surface area contributed by atoms with Gasteiger partial charge in [0.1, 0.15) is 0 Å². The summed E-state index contributed by atoms with van der Waals surface area (Å²) in [7, 11) is 0. The third-order valence-corrected chi connectivity index (χ3v) is 11.9. The topological polar surface area (TPSA) is 8.82 Å². The summed E-state index contributed by atoms with van der Waals surface area (Å²) in [5.74, 6) is 0. The van der Waals surface area contributed by atoms with Gasteiger partial charge in [-0.3, -0.25) is 0 Å². The Balaban J connectivity index is 1.22. The van der Waals surface area contributed by atoms with Gasteiger partial charge in [0, 0.05) is 43.1 Å². The van der Waals surface area contributed by atoms with E-state index in [0.29, 0.717) is 0 Å². The second kappa shape index (κ2) is 9.92. The molecular weight excluding hydrogens is 629 g/mol. The third kappa shape index (κ3) is 3.85. The maximum atomic E-state index is 2.54. The molecule has 0 atom stereocenters. The molecule has 0 bridgehead atoms. The van der Waals surface area contributed by atoms with Crippen LogP contribution in [0.25, 0.3) is 98.4 Å². The van der Waals surface area contributed by atoms with Crippen LogP contribution in [0.3, 0.4) is 0 Å². The van der Waals surface area contributed by atoms with Crippen molar-refractivity contribution in [3.05, 3.63) is 145 Å². The van der Waals surface area contributed by atoms with Crippen LogP contribution in [0, 0.1) is 0 Å². The molecule has 52 heavy (non-hydrogen) atoms. The van der Waals surface area contributed by atoms with E-state index in [-0.39, 0.29) is 10.8 Å². The molecule has 2 heteroatoms. The molecule has 0 unspecified atom stereocenters. The Labute approximate surface area is 303 Å². The molecule has 0 spiro atoms. The van der Waals surface area contributed by atoms with E-state index in [1.165, 1.54) is 110 Å². The van der Waals surface area contributed by atoms with Crippen LogP contribution in [0.1, 0.15) is 52.7 Å². The highest BCUT2D eigenvalue weighted by atomic mass is 14.9. The van der Waals surface area contributed by atoms with Crippen LogP contribution in [0.5, 0.6) is 0 Å². The summed E-state index contributed by atoms with van der Waals surface area (Å²) in [6.07, 6.45) is 0. The zero-order chi connectivity index (χ0) is 35.3. The summed E-state index contributed by atoms with van der Waals surface area (Å²) in [6, 6.07) is 50.8. The summed E-state index contributed by atoms with van der Waals surface area (Å²) in [4.78, 5) is 0. The van der Waals surface area contributed by atoms with Crippen molar-refractivity contribution in [1.29, 1.82) is 0 Å². The minimum atomic E-state index is 0.118. The van der Waals surface area contributed by atoms with E-state index in [4.69, 9.17) is 0 Å². The van der Waals surface area contributed by atoms with Crippen LogP contribution in [0.2, 0.25) is 0 Å². The van der Waals surface area contributed by atoms with Crippen LogP contribution in [0.15, 0.2) is 133 Å². The summed E-state index contributed by atoms with van der Waals surface area (Å²) in [5, 5.41) is 10.5. The highest BCUT2D eigenvalue weighted by Crippen LogP contribution is 2.48. The molecule has 0 radical (unpaired) electrons. The molecule has 0 saturated carbocycles. The molecule has 0 amide bonds. The minimum absolute atomic E-state index is 0.118. The first-order valence-electron chi connectivity index (χ1n) is 18.6. The van der Waals surface area contributed by atoms with E-state index < -0.39 is 0 Å². The van der Waals surface area contributed by atoms with Crippen LogP contribution in [0.4, 0.5) is 0 Å². The van der Waals surface area contributed by atoms with Gasteiger partial charge in [0.25, 0.3) is 0 Å². The highest BCUT2D eigenvalue weighted by molar-refractivity contribution is 6.31. The maximum Gasteiger partial charge on any atom is 0.0626 e. The number of nitrogens with zero attached hydrogens (tertiary/aromatic N) is 2. The SMILES string of the molecule is CC(C)(C)c1ccc(-c2ccc3c4cc5c(cc4n4c6ccccc6c2c34)c2ccc(-c3ccc(C(C)(C)C)cc3)c3c4ccccc4n5c23)cc1. The molecule has 0 N–H and O–H groups in total. The number of hydrogen-bond acceptors (Lipinski definition) is 0. The fourth-order valence-corrected chi connectivity index (χ4v) is 9.29. The maximum absolute atomic E-state index is 2.54. The molecule has 4 aromatic heterocycles. The molecule has 0 aliphatic rings. The summed E-state index contributed by atoms with van der Waals surface area (Å²) < 4.78 is 5.08. The van der Waals surface area contributed by atoms with Crippen molar-refractivity contribution >= 4 is 76.2 Å². The highest BCUT2D eigenvalue weighted by Gasteiger charge is 2.25. The Hall–Kier alpha value is -5.86. The Morgan fingerprint density at radius 3 is 1.12 bits per heavy atom. The first-order valence-corrected chi connectivity index (χ1v) is 18.6. The zero-order valence-corrected chi connectivity index (χ0v) is 30.6. The van der Waals surface area contributed by atoms with Crippen LogP contribution in [-0.2, 0) is 10.8 Å². The van der Waals surface area contributed by atoms with E-state index in [0.717, 1.165) is 0 Å². The van der Waals surface area contributed by atoms with E-state index in [1.54, 1.807) is 0 Å². The van der Waals surface area contributed by atoms with Gasteiger partial charge >= 0.3 is 0 Å². The molecule has 0 aliphatic carbocycles. The van der Waals surface area contributed by atoms with E-state index in [9.17, 15) is 0 Å². The number of para-hydroxylation sites is 2. The standard InChI is InChI=1S/C50H40N2/c1-49(2,3)31-19-15-29(16-20-31)33-23-25-35-39-27-44-40(28-43(39)51-41-13-9-7-11-37(41)45(33)47(35)51)36-26-24-34(30-17-21-32(22-18-30)50(4,5)6)46-38-12-8-10-14-42(38)52(44)48(36)46/h7-28H,1-6H3. The van der Waals surface area contributed by atoms with Gasteiger partial charge in [0.05, 0.1) is 33.1 Å². The molecule has 0 saturated heterocycles. The molecular formula is C50H40N2. The van der Waals surface area contributed by atoms with Gasteiger partial charge in [-0.25, -0.2) is 0 Å². The summed E-state index contributed by atoms with van der Waals surface area (Å²) in [6.45, 7) is 13.7. The molecule has 2 nitrogen and oxygen atoms in total. The summed E-state index contributed by atoms with van der Waals surface area (Å²) >= 11 is 0. The van der Waals surface area contributed by atoms with Crippen LogP contribution < -0.4 is 0 Å². The fourth-order valence-electron chi connectivity index (χ4n) is 9.29. The second-order valence-corrected chi connectivity index (χ2v) is 17.0. The molecule has 0 fully saturated rings. The van der Waals surface area contributed by atoms with Crippen molar-refractivity contribution in [1.82, 2.24) is 8.80 Å². The van der Waals surface area contributed by atoms with E-state index >= 15 is 0 Å². The number of benzene rings is 7. The van der Waals surface area contributed by atoms with Crippen molar-refractivity contribution < 1.29 is 0 Å². The monoisotopic (exact) mass is 668 g/mol. The lowest BCUT2D eigenvalue weighted by Crippen LogP contribution is -2.10. The lowest BCUT2D eigenvalue weighted by atomic mass is 9.86. The lowest BCUT2D eigenvalue weighted by molar-refractivity contribution is 0.590. The van der Waals surface area contributed by atoms with Crippen molar-refractivity contribution in [2.24, 2.45) is 0 Å². The van der Waals surface area contributed by atoms with Crippen molar-refractivity contribution in [2.75, 3.05) is 0 Å². The molecule has 0 aliphatic heterocycles. The predicted molar refractivity (Wildman–Crippen MR) is 224 cm³/mol. The number of hydrogen-bond donors (Lipinski definition) is 0. The number of fused-ring (bicyclic) bond motifs is 12. The van der Waals surface area contributed by atoms with Crippen molar-refractivity contribution in [3.8, 4) is 22.3 Å². The molecule has 11 rings (SSSR count). The predicted octanol–water partition coefficient (Wildman–Crippen LogP) is 13.9. The second-order valence-electron chi connectivity index (χ2n) is 17.0. The normalized spacial score (nSPS) is 13.2. The minimum Gasteiger partial charge on any atom is -0.308 e. The van der Waals surface area contributed by atoms with E-state index in [2.05, 4.69) is 184 Å². The Morgan fingerprint density at radius 1 is 0.346 bits per heavy atom. The van der Waals surface area contributed by atoms with Gasteiger partial charge < -0.3 is 8.80 Å². The Kier molecular flexibility index (Phi) is 5.69. The van der Waals surface area contributed by atoms with E-state index in [1.807, 2.05) is 0 Å². The van der Waals surface area contributed by atoms with Gasteiger partial charge in [-0.15, -0.1) is 0 Å². The van der Waals surface area contributed by atoms with Crippen LogP contribution in [-0.4, -0.2) is 8.80 Å². The zero-order valence-electron chi connectivity index (χ0n) is 30.6. The fraction of sp³-hybridized carbons (Fsp3) is 0.160. The van der Waals surface area contributed by atoms with Crippen molar-refractivity contribution in [3.63, 3.8) is 0 Å². The molecule has 4 heterocycles. The molecule has 250 valence electrons. The van der Waals surface area contributed by atoms with Gasteiger partial charge in [0.15, 0.2) is 0 Å². The van der Waals surface area contributed by atoms with Gasteiger partial charge in [-0.2, -0.15) is 0 Å². The van der Waals surface area contributed by atoms with Crippen LogP contribution >= 0.6 is 0 Å². The van der Waals surface area contributed by atoms with Gasteiger partial charge in [-0.05, 0) is 68.5 Å². The number of aromatic nitrogens is 2. The average Bonchev–Trinajstić information content (AvgIpc) is 3.86.